The summed E-state index contributed by atoms with van der Waals surface area (Å²) in [6.07, 6.45) is -0.322. The van der Waals surface area contributed by atoms with Gasteiger partial charge in [-0.25, -0.2) is 4.79 Å². The van der Waals surface area contributed by atoms with Crippen molar-refractivity contribution in [1.82, 2.24) is 0 Å². The van der Waals surface area contributed by atoms with Crippen molar-refractivity contribution in [3.8, 4) is 11.1 Å². The lowest BCUT2D eigenvalue weighted by Gasteiger charge is -2.05. The number of rotatable bonds is 3. The number of anilines is 1. The van der Waals surface area contributed by atoms with Crippen LogP contribution in [0.25, 0.3) is 11.1 Å². The molecule has 90 valence electrons. The molecule has 0 unspecified atom stereocenters. The Bertz CT molecular complexity index is 593. The summed E-state index contributed by atoms with van der Waals surface area (Å²) in [6.45, 7) is 0. The van der Waals surface area contributed by atoms with Crippen LogP contribution in [-0.2, 0) is 0 Å². The summed E-state index contributed by atoms with van der Waals surface area (Å²) in [6, 6.07) is 14.1. The first-order valence-electron chi connectivity index (χ1n) is 5.34. The molecule has 0 heterocycles. The third kappa shape index (κ3) is 2.74. The zero-order chi connectivity index (χ0) is 13.0. The zero-order valence-electron chi connectivity index (χ0n) is 9.46. The van der Waals surface area contributed by atoms with Crippen LogP contribution in [0.15, 0.2) is 48.5 Å². The van der Waals surface area contributed by atoms with E-state index in [1.54, 1.807) is 36.4 Å². The Morgan fingerprint density at radius 2 is 1.72 bits per heavy atom. The molecule has 0 fully saturated rings. The highest BCUT2D eigenvalue weighted by molar-refractivity contribution is 5.85. The van der Waals surface area contributed by atoms with E-state index < -0.39 is 6.09 Å². The molecule has 1 amide bonds. The minimum Gasteiger partial charge on any atom is -0.465 e. The van der Waals surface area contributed by atoms with Crippen molar-refractivity contribution in [2.45, 2.75) is 0 Å². The normalized spacial score (nSPS) is 9.78. The van der Waals surface area contributed by atoms with E-state index in [0.717, 1.165) is 17.4 Å². The fourth-order valence-electron chi connectivity index (χ4n) is 1.69. The lowest BCUT2D eigenvalue weighted by Crippen LogP contribution is -2.06. The topological polar surface area (TPSA) is 66.4 Å². The van der Waals surface area contributed by atoms with Crippen molar-refractivity contribution in [2.24, 2.45) is 0 Å². The largest absolute Gasteiger partial charge is 0.465 e. The van der Waals surface area contributed by atoms with Gasteiger partial charge in [-0.2, -0.15) is 0 Å². The molecule has 0 bridgehead atoms. The molecule has 0 aliphatic heterocycles. The van der Waals surface area contributed by atoms with E-state index in [1.807, 2.05) is 12.1 Å². The maximum Gasteiger partial charge on any atom is 0.409 e. The first-order valence-corrected chi connectivity index (χ1v) is 5.34. The second-order valence-electron chi connectivity index (χ2n) is 3.75. The fraction of sp³-hybridized carbons (Fsp3) is 0. The molecule has 4 nitrogen and oxygen atoms in total. The van der Waals surface area contributed by atoms with Crippen LogP contribution in [0.1, 0.15) is 10.4 Å². The molecule has 2 aromatic rings. The Balaban J connectivity index is 2.37. The van der Waals surface area contributed by atoms with Crippen molar-refractivity contribution in [3.05, 3.63) is 54.1 Å². The Morgan fingerprint density at radius 1 is 1.06 bits per heavy atom. The second kappa shape index (κ2) is 5.14. The molecule has 2 rings (SSSR count). The molecule has 2 aromatic carbocycles. The van der Waals surface area contributed by atoms with Gasteiger partial charge in [0.05, 0.1) is 0 Å². The van der Waals surface area contributed by atoms with Crippen LogP contribution < -0.4 is 5.32 Å². The van der Waals surface area contributed by atoms with Crippen molar-refractivity contribution in [1.29, 1.82) is 0 Å². The number of hydrogen-bond donors (Lipinski definition) is 2. The summed E-state index contributed by atoms with van der Waals surface area (Å²) in [4.78, 5) is 21.3. The molecule has 4 heteroatoms. The molecule has 0 saturated carbocycles. The average molecular weight is 241 g/mol. The van der Waals surface area contributed by atoms with Crippen molar-refractivity contribution in [2.75, 3.05) is 5.32 Å². The van der Waals surface area contributed by atoms with Gasteiger partial charge < -0.3 is 5.11 Å². The van der Waals surface area contributed by atoms with E-state index in [9.17, 15) is 9.59 Å². The number of nitrogens with one attached hydrogen (secondary N) is 1. The van der Waals surface area contributed by atoms with Gasteiger partial charge in [0.2, 0.25) is 0 Å². The van der Waals surface area contributed by atoms with Crippen LogP contribution in [0.5, 0.6) is 0 Å². The van der Waals surface area contributed by atoms with Crippen LogP contribution in [0, 0.1) is 0 Å². The SMILES string of the molecule is O=Cc1cccc(-c2cccc(NC(=O)O)c2)c1. The number of amides is 1. The van der Waals surface area contributed by atoms with Crippen LogP contribution in [0.3, 0.4) is 0 Å². The molecule has 0 atom stereocenters. The third-order valence-electron chi connectivity index (χ3n) is 2.47. The minimum absolute atomic E-state index is 0.497. The van der Waals surface area contributed by atoms with Gasteiger partial charge in [0.1, 0.15) is 6.29 Å². The third-order valence-corrected chi connectivity index (χ3v) is 2.47. The number of carbonyl (C=O) groups is 2. The Kier molecular flexibility index (Phi) is 3.38. The van der Waals surface area contributed by atoms with Gasteiger partial charge >= 0.3 is 6.09 Å². The minimum atomic E-state index is -1.10. The Hall–Kier alpha value is -2.62. The molecule has 0 radical (unpaired) electrons. The van der Waals surface area contributed by atoms with Gasteiger partial charge in [0.25, 0.3) is 0 Å². The Morgan fingerprint density at radius 3 is 2.39 bits per heavy atom. The predicted molar refractivity (Wildman–Crippen MR) is 68.9 cm³/mol. The van der Waals surface area contributed by atoms with Gasteiger partial charge in [-0.1, -0.05) is 30.3 Å². The molecule has 0 aromatic heterocycles. The molecule has 2 N–H and O–H groups in total. The van der Waals surface area contributed by atoms with Gasteiger partial charge in [0.15, 0.2) is 0 Å². The van der Waals surface area contributed by atoms with E-state index in [0.29, 0.717) is 11.3 Å². The highest BCUT2D eigenvalue weighted by atomic mass is 16.4. The first kappa shape index (κ1) is 11.9. The summed E-state index contributed by atoms with van der Waals surface area (Å²) < 4.78 is 0. The van der Waals surface area contributed by atoms with E-state index >= 15 is 0 Å². The number of aldehydes is 1. The van der Waals surface area contributed by atoms with Gasteiger partial charge in [-0.05, 0) is 29.3 Å². The molecular formula is C14H11NO3. The summed E-state index contributed by atoms with van der Waals surface area (Å²) >= 11 is 0. The number of benzene rings is 2. The molecule has 0 saturated heterocycles. The highest BCUT2D eigenvalue weighted by Crippen LogP contribution is 2.23. The van der Waals surface area contributed by atoms with E-state index in [2.05, 4.69) is 5.32 Å². The van der Waals surface area contributed by atoms with Crippen LogP contribution in [0.2, 0.25) is 0 Å². The van der Waals surface area contributed by atoms with Crippen LogP contribution in [0.4, 0.5) is 10.5 Å². The van der Waals surface area contributed by atoms with E-state index in [1.165, 1.54) is 0 Å². The van der Waals surface area contributed by atoms with Crippen LogP contribution >= 0.6 is 0 Å². The van der Waals surface area contributed by atoms with Crippen molar-refractivity contribution in [3.63, 3.8) is 0 Å². The molecule has 0 aliphatic rings. The zero-order valence-corrected chi connectivity index (χ0v) is 9.46. The maximum absolute atomic E-state index is 10.7. The summed E-state index contributed by atoms with van der Waals surface area (Å²) in [7, 11) is 0. The summed E-state index contributed by atoms with van der Waals surface area (Å²) in [5.74, 6) is 0. The molecule has 0 aliphatic carbocycles. The van der Waals surface area contributed by atoms with E-state index in [4.69, 9.17) is 5.11 Å². The highest BCUT2D eigenvalue weighted by Gasteiger charge is 2.02. The standard InChI is InChI=1S/C14H11NO3/c16-9-10-3-1-4-11(7-10)12-5-2-6-13(8-12)15-14(17)18/h1-9,15H,(H,17,18). The average Bonchev–Trinajstić information content (AvgIpc) is 2.38. The predicted octanol–water partition coefficient (Wildman–Crippen LogP) is 3.26. The smallest absolute Gasteiger partial charge is 0.409 e. The van der Waals surface area contributed by atoms with Crippen molar-refractivity contribution >= 4 is 18.1 Å². The molecular weight excluding hydrogens is 230 g/mol. The van der Waals surface area contributed by atoms with Gasteiger partial charge in [-0.3, -0.25) is 10.1 Å². The second-order valence-corrected chi connectivity index (χ2v) is 3.75. The fourth-order valence-corrected chi connectivity index (χ4v) is 1.69. The van der Waals surface area contributed by atoms with Gasteiger partial charge in [-0.15, -0.1) is 0 Å². The first-order chi connectivity index (χ1) is 8.69. The lowest BCUT2D eigenvalue weighted by molar-refractivity contribution is 0.112. The van der Waals surface area contributed by atoms with Crippen LogP contribution in [-0.4, -0.2) is 17.5 Å². The number of carbonyl (C=O) groups excluding carboxylic acids is 1. The Labute approximate surface area is 104 Å². The molecule has 18 heavy (non-hydrogen) atoms. The summed E-state index contributed by atoms with van der Waals surface area (Å²) in [5, 5.41) is 10.9. The number of carboxylic acid groups (broad SMARTS) is 1. The molecule has 0 spiro atoms. The van der Waals surface area contributed by atoms with E-state index in [-0.39, 0.29) is 0 Å². The maximum atomic E-state index is 10.7. The monoisotopic (exact) mass is 241 g/mol. The summed E-state index contributed by atoms with van der Waals surface area (Å²) in [5.41, 5.74) is 2.80. The van der Waals surface area contributed by atoms with Crippen molar-refractivity contribution < 1.29 is 14.7 Å². The lowest BCUT2D eigenvalue weighted by atomic mass is 10.0. The quantitative estimate of drug-likeness (QED) is 0.810. The number of hydrogen-bond acceptors (Lipinski definition) is 2. The van der Waals surface area contributed by atoms with Gasteiger partial charge in [0, 0.05) is 11.3 Å².